The molecule has 0 spiro atoms. The van der Waals surface area contributed by atoms with Gasteiger partial charge in [-0.2, -0.15) is 0 Å². The third-order valence-corrected chi connectivity index (χ3v) is 3.29. The van der Waals surface area contributed by atoms with Crippen LogP contribution in [0, 0.1) is 0 Å². The van der Waals surface area contributed by atoms with E-state index < -0.39 is 0 Å². The van der Waals surface area contributed by atoms with Gasteiger partial charge in [0.2, 0.25) is 0 Å². The fourth-order valence-electron chi connectivity index (χ4n) is 2.16. The van der Waals surface area contributed by atoms with Crippen LogP contribution in [-0.2, 0) is 0 Å². The van der Waals surface area contributed by atoms with Gasteiger partial charge in [0.1, 0.15) is 0 Å². The van der Waals surface area contributed by atoms with Crippen molar-refractivity contribution in [2.24, 2.45) is 5.73 Å². The van der Waals surface area contributed by atoms with Crippen LogP contribution in [0.25, 0.3) is 0 Å². The number of hydrogen-bond donors (Lipinski definition) is 2. The van der Waals surface area contributed by atoms with Crippen molar-refractivity contribution < 1.29 is 4.79 Å². The van der Waals surface area contributed by atoms with Crippen LogP contribution in [0.15, 0.2) is 24.3 Å². The van der Waals surface area contributed by atoms with Crippen molar-refractivity contribution in [3.8, 4) is 0 Å². The lowest BCUT2D eigenvalue weighted by Crippen LogP contribution is -2.14. The molecule has 0 atom stereocenters. The molecule has 3 nitrogen and oxygen atoms in total. The monoisotopic (exact) mass is 262 g/mol. The Hall–Kier alpha value is -1.51. The summed E-state index contributed by atoms with van der Waals surface area (Å²) in [5, 5.41) is 3.30. The van der Waals surface area contributed by atoms with Crippen LogP contribution in [0.4, 0.5) is 5.69 Å². The maximum absolute atomic E-state index is 11.2. The van der Waals surface area contributed by atoms with Gasteiger partial charge in [0.15, 0.2) is 0 Å². The van der Waals surface area contributed by atoms with Crippen LogP contribution in [0.1, 0.15) is 62.2 Å². The third-order valence-electron chi connectivity index (χ3n) is 3.29. The summed E-state index contributed by atoms with van der Waals surface area (Å²) in [6.07, 6.45) is 9.03. The molecule has 1 aromatic rings. The van der Waals surface area contributed by atoms with E-state index in [1.165, 1.54) is 38.5 Å². The van der Waals surface area contributed by atoms with Crippen LogP contribution in [0.5, 0.6) is 0 Å². The number of benzene rings is 1. The average molecular weight is 262 g/mol. The summed E-state index contributed by atoms with van der Waals surface area (Å²) in [5.74, 6) is -0.373. The second kappa shape index (κ2) is 9.42. The first-order chi connectivity index (χ1) is 9.25. The topological polar surface area (TPSA) is 55.1 Å². The molecule has 0 heterocycles. The number of para-hydroxylation sites is 1. The Morgan fingerprint density at radius 1 is 1.05 bits per heavy atom. The zero-order valence-corrected chi connectivity index (χ0v) is 12.0. The fraction of sp³-hybridized carbons (Fsp3) is 0.562. The largest absolute Gasteiger partial charge is 0.384 e. The molecule has 19 heavy (non-hydrogen) atoms. The Balaban J connectivity index is 2.17. The predicted molar refractivity (Wildman–Crippen MR) is 81.4 cm³/mol. The lowest BCUT2D eigenvalue weighted by atomic mass is 10.1. The average Bonchev–Trinajstić information content (AvgIpc) is 2.42. The zero-order valence-electron chi connectivity index (χ0n) is 12.0. The van der Waals surface area contributed by atoms with Crippen LogP contribution in [-0.4, -0.2) is 12.5 Å². The summed E-state index contributed by atoms with van der Waals surface area (Å²) >= 11 is 0. The van der Waals surface area contributed by atoms with Gasteiger partial charge < -0.3 is 11.1 Å². The molecule has 0 fully saturated rings. The van der Waals surface area contributed by atoms with Crippen molar-refractivity contribution >= 4 is 11.6 Å². The molecule has 106 valence electrons. The second-order valence-electron chi connectivity index (χ2n) is 4.96. The minimum absolute atomic E-state index is 0.373. The standard InChI is InChI=1S/C16H26N2O/c1-2-3-4-5-6-7-10-13-18-15-12-9-8-11-14(15)16(17)19/h8-9,11-12,18H,2-7,10,13H2,1H3,(H2,17,19). The minimum Gasteiger partial charge on any atom is -0.384 e. The summed E-state index contributed by atoms with van der Waals surface area (Å²) in [6.45, 7) is 3.14. The van der Waals surface area contributed by atoms with Crippen LogP contribution in [0.3, 0.4) is 0 Å². The summed E-state index contributed by atoms with van der Waals surface area (Å²) < 4.78 is 0. The zero-order chi connectivity index (χ0) is 13.9. The first-order valence-electron chi connectivity index (χ1n) is 7.38. The molecule has 0 aliphatic carbocycles. The predicted octanol–water partition coefficient (Wildman–Crippen LogP) is 3.95. The SMILES string of the molecule is CCCCCCCCCNc1ccccc1C(N)=O. The van der Waals surface area contributed by atoms with E-state index in [2.05, 4.69) is 12.2 Å². The molecule has 1 rings (SSSR count). The van der Waals surface area contributed by atoms with Gasteiger partial charge in [-0.15, -0.1) is 0 Å². The number of nitrogens with two attached hydrogens (primary N) is 1. The van der Waals surface area contributed by atoms with Gasteiger partial charge in [-0.25, -0.2) is 0 Å². The molecule has 0 aromatic heterocycles. The number of carbonyl (C=O) groups excluding carboxylic acids is 1. The van der Waals surface area contributed by atoms with Crippen LogP contribution < -0.4 is 11.1 Å². The van der Waals surface area contributed by atoms with E-state index in [-0.39, 0.29) is 5.91 Å². The Bertz CT molecular complexity index is 377. The highest BCUT2D eigenvalue weighted by Gasteiger charge is 2.05. The molecule has 1 aromatic carbocycles. The van der Waals surface area contributed by atoms with Gasteiger partial charge in [-0.3, -0.25) is 4.79 Å². The van der Waals surface area contributed by atoms with Gasteiger partial charge in [0, 0.05) is 12.2 Å². The molecule has 0 unspecified atom stereocenters. The Morgan fingerprint density at radius 3 is 2.37 bits per heavy atom. The normalized spacial score (nSPS) is 10.4. The fourth-order valence-corrected chi connectivity index (χ4v) is 2.16. The van der Waals surface area contributed by atoms with E-state index >= 15 is 0 Å². The molecule has 3 N–H and O–H groups in total. The molecule has 0 aliphatic rings. The highest BCUT2D eigenvalue weighted by Crippen LogP contribution is 2.14. The minimum atomic E-state index is -0.373. The van der Waals surface area contributed by atoms with Crippen molar-refractivity contribution in [3.63, 3.8) is 0 Å². The molecule has 0 radical (unpaired) electrons. The van der Waals surface area contributed by atoms with Gasteiger partial charge in [-0.05, 0) is 18.6 Å². The van der Waals surface area contributed by atoms with E-state index in [9.17, 15) is 4.79 Å². The summed E-state index contributed by atoms with van der Waals surface area (Å²) in [6, 6.07) is 7.41. The summed E-state index contributed by atoms with van der Waals surface area (Å²) in [7, 11) is 0. The van der Waals surface area contributed by atoms with Crippen molar-refractivity contribution in [2.45, 2.75) is 51.9 Å². The number of carbonyl (C=O) groups is 1. The first kappa shape index (κ1) is 15.5. The van der Waals surface area contributed by atoms with Crippen LogP contribution >= 0.6 is 0 Å². The molecular weight excluding hydrogens is 236 g/mol. The highest BCUT2D eigenvalue weighted by molar-refractivity contribution is 5.98. The number of primary amides is 1. The summed E-state index contributed by atoms with van der Waals surface area (Å²) in [4.78, 5) is 11.2. The molecule has 0 saturated heterocycles. The highest BCUT2D eigenvalue weighted by atomic mass is 16.1. The molecule has 0 bridgehead atoms. The Morgan fingerprint density at radius 2 is 1.68 bits per heavy atom. The van der Waals surface area contributed by atoms with Gasteiger partial charge in [0.25, 0.3) is 5.91 Å². The van der Waals surface area contributed by atoms with Gasteiger partial charge in [0.05, 0.1) is 5.56 Å². The van der Waals surface area contributed by atoms with Gasteiger partial charge in [-0.1, -0.05) is 57.6 Å². The lowest BCUT2D eigenvalue weighted by molar-refractivity contribution is 0.100. The van der Waals surface area contributed by atoms with Crippen molar-refractivity contribution in [2.75, 3.05) is 11.9 Å². The molecule has 1 amide bonds. The molecular formula is C16H26N2O. The smallest absolute Gasteiger partial charge is 0.250 e. The van der Waals surface area contributed by atoms with E-state index in [0.717, 1.165) is 18.7 Å². The maximum atomic E-state index is 11.2. The number of anilines is 1. The molecule has 0 aliphatic heterocycles. The summed E-state index contributed by atoms with van der Waals surface area (Å²) in [5.41, 5.74) is 6.76. The Labute approximate surface area is 116 Å². The van der Waals surface area contributed by atoms with E-state index in [4.69, 9.17) is 5.73 Å². The number of rotatable bonds is 10. The molecule has 0 saturated carbocycles. The van der Waals surface area contributed by atoms with Crippen LogP contribution in [0.2, 0.25) is 0 Å². The van der Waals surface area contributed by atoms with Crippen molar-refractivity contribution in [1.29, 1.82) is 0 Å². The first-order valence-corrected chi connectivity index (χ1v) is 7.38. The van der Waals surface area contributed by atoms with Crippen molar-refractivity contribution in [3.05, 3.63) is 29.8 Å². The van der Waals surface area contributed by atoms with Gasteiger partial charge >= 0.3 is 0 Å². The number of amides is 1. The maximum Gasteiger partial charge on any atom is 0.250 e. The lowest BCUT2D eigenvalue weighted by Gasteiger charge is -2.09. The quantitative estimate of drug-likeness (QED) is 0.627. The number of nitrogens with one attached hydrogen (secondary N) is 1. The van der Waals surface area contributed by atoms with E-state index in [1.54, 1.807) is 6.07 Å². The van der Waals surface area contributed by atoms with E-state index in [1.807, 2.05) is 18.2 Å². The Kier molecular flexibility index (Phi) is 7.71. The molecule has 3 heteroatoms. The van der Waals surface area contributed by atoms with Crippen molar-refractivity contribution in [1.82, 2.24) is 0 Å². The van der Waals surface area contributed by atoms with E-state index in [0.29, 0.717) is 5.56 Å². The number of hydrogen-bond acceptors (Lipinski definition) is 2. The number of unbranched alkanes of at least 4 members (excludes halogenated alkanes) is 6. The second-order valence-corrected chi connectivity index (χ2v) is 4.96. The third kappa shape index (κ3) is 6.27.